The zero-order valence-corrected chi connectivity index (χ0v) is 13.0. The van der Waals surface area contributed by atoms with E-state index in [4.69, 9.17) is 4.74 Å². The van der Waals surface area contributed by atoms with E-state index in [1.54, 1.807) is 30.2 Å². The van der Waals surface area contributed by atoms with Crippen molar-refractivity contribution in [2.45, 2.75) is 9.10 Å². The normalized spacial score (nSPS) is 9.72. The van der Waals surface area contributed by atoms with Crippen LogP contribution >= 0.6 is 35.5 Å². The highest BCUT2D eigenvalue weighted by molar-refractivity contribution is 8.01. The fraction of sp³-hybridized carbons (Fsp3) is 0.231. The van der Waals surface area contributed by atoms with Gasteiger partial charge in [-0.3, -0.25) is 0 Å². The minimum atomic E-state index is 0. The zero-order chi connectivity index (χ0) is 12.3. The van der Waals surface area contributed by atoms with Crippen molar-refractivity contribution >= 4 is 41.2 Å². The molecular weight excluding hydrogens is 286 g/mol. The summed E-state index contributed by atoms with van der Waals surface area (Å²) in [4.78, 5) is 3.34. The molecule has 0 amide bonds. The number of hydrogen-bond donors (Lipinski definition) is 0. The second-order valence-electron chi connectivity index (χ2n) is 3.77. The number of halogens is 1. The molecule has 1 aromatic heterocycles. The lowest BCUT2D eigenvalue weighted by Crippen LogP contribution is -2.07. The van der Waals surface area contributed by atoms with E-state index in [0.717, 1.165) is 5.75 Å². The van der Waals surface area contributed by atoms with E-state index in [-0.39, 0.29) is 12.4 Å². The van der Waals surface area contributed by atoms with Gasteiger partial charge < -0.3 is 9.64 Å². The zero-order valence-electron chi connectivity index (χ0n) is 10.5. The summed E-state index contributed by atoms with van der Waals surface area (Å²) in [6.45, 7) is 0. The van der Waals surface area contributed by atoms with Gasteiger partial charge in [0, 0.05) is 19.0 Å². The van der Waals surface area contributed by atoms with Crippen molar-refractivity contribution in [1.82, 2.24) is 0 Å². The standard InChI is InChI=1S/C13H15NOS2.ClH/c1-14(2)12-7-8-16-13(12)17-11-6-4-5-10(9-11)15-3;/h4-9H,1-3H3;1H. The van der Waals surface area contributed by atoms with Crippen LogP contribution in [0.2, 0.25) is 0 Å². The van der Waals surface area contributed by atoms with E-state index in [1.165, 1.54) is 14.8 Å². The molecule has 1 aromatic carbocycles. The molecule has 18 heavy (non-hydrogen) atoms. The third kappa shape index (κ3) is 3.57. The maximum absolute atomic E-state index is 5.23. The van der Waals surface area contributed by atoms with Crippen molar-refractivity contribution in [3.05, 3.63) is 35.7 Å². The number of ether oxygens (including phenoxy) is 1. The molecule has 5 heteroatoms. The van der Waals surface area contributed by atoms with Crippen molar-refractivity contribution in [3.8, 4) is 5.75 Å². The third-order valence-corrected chi connectivity index (χ3v) is 4.46. The maximum atomic E-state index is 5.23. The van der Waals surface area contributed by atoms with Crippen LogP contribution in [-0.2, 0) is 0 Å². The molecule has 0 fully saturated rings. The Balaban J connectivity index is 0.00000162. The maximum Gasteiger partial charge on any atom is 0.119 e. The monoisotopic (exact) mass is 301 g/mol. The minimum Gasteiger partial charge on any atom is -0.497 e. The highest BCUT2D eigenvalue weighted by Gasteiger charge is 2.08. The molecule has 0 N–H and O–H groups in total. The molecule has 2 rings (SSSR count). The molecule has 0 spiro atoms. The van der Waals surface area contributed by atoms with E-state index < -0.39 is 0 Å². The Hall–Kier alpha value is -0.840. The van der Waals surface area contributed by atoms with Crippen LogP contribution in [0.15, 0.2) is 44.8 Å². The molecule has 0 aliphatic heterocycles. The van der Waals surface area contributed by atoms with Gasteiger partial charge in [0.05, 0.1) is 17.0 Å². The van der Waals surface area contributed by atoms with Crippen LogP contribution in [0.3, 0.4) is 0 Å². The molecule has 0 aliphatic carbocycles. The highest BCUT2D eigenvalue weighted by Crippen LogP contribution is 2.39. The molecule has 1 heterocycles. The third-order valence-electron chi connectivity index (χ3n) is 2.34. The van der Waals surface area contributed by atoms with E-state index in [0.29, 0.717) is 0 Å². The van der Waals surface area contributed by atoms with E-state index in [1.807, 2.05) is 12.1 Å². The van der Waals surface area contributed by atoms with E-state index in [2.05, 4.69) is 42.6 Å². The topological polar surface area (TPSA) is 12.5 Å². The van der Waals surface area contributed by atoms with Crippen LogP contribution in [0.5, 0.6) is 5.75 Å². The summed E-state index contributed by atoms with van der Waals surface area (Å²) in [5.74, 6) is 0.901. The first-order chi connectivity index (χ1) is 8.20. The molecule has 0 aliphatic rings. The van der Waals surface area contributed by atoms with Gasteiger partial charge in [0.25, 0.3) is 0 Å². The lowest BCUT2D eigenvalue weighted by Gasteiger charge is -2.12. The summed E-state index contributed by atoms with van der Waals surface area (Å²) >= 11 is 3.54. The molecule has 98 valence electrons. The number of nitrogens with zero attached hydrogens (tertiary/aromatic N) is 1. The molecule has 2 aromatic rings. The van der Waals surface area contributed by atoms with Crippen LogP contribution in [-0.4, -0.2) is 21.2 Å². The van der Waals surface area contributed by atoms with Crippen molar-refractivity contribution < 1.29 is 4.74 Å². The lowest BCUT2D eigenvalue weighted by molar-refractivity contribution is 0.413. The number of benzene rings is 1. The van der Waals surface area contributed by atoms with Gasteiger partial charge in [0.1, 0.15) is 5.75 Å². The Morgan fingerprint density at radius 2 is 2.00 bits per heavy atom. The summed E-state index contributed by atoms with van der Waals surface area (Å²) in [7, 11) is 5.83. The molecule has 0 atom stereocenters. The molecule has 0 bridgehead atoms. The van der Waals surface area contributed by atoms with Crippen LogP contribution < -0.4 is 9.64 Å². The Morgan fingerprint density at radius 1 is 1.22 bits per heavy atom. The van der Waals surface area contributed by atoms with Crippen LogP contribution in [0, 0.1) is 0 Å². The summed E-state index contributed by atoms with van der Waals surface area (Å²) in [6.07, 6.45) is 0. The summed E-state index contributed by atoms with van der Waals surface area (Å²) in [5.41, 5.74) is 1.27. The summed E-state index contributed by atoms with van der Waals surface area (Å²) in [5, 5.41) is 2.12. The minimum absolute atomic E-state index is 0. The Bertz CT molecular complexity index is 499. The molecule has 2 nitrogen and oxygen atoms in total. The number of hydrogen-bond acceptors (Lipinski definition) is 4. The molecule has 0 saturated heterocycles. The number of rotatable bonds is 4. The molecule has 0 unspecified atom stereocenters. The van der Waals surface area contributed by atoms with Gasteiger partial charge in [0.15, 0.2) is 0 Å². The predicted octanol–water partition coefficient (Wildman–Crippen LogP) is 4.40. The van der Waals surface area contributed by atoms with Crippen LogP contribution in [0.25, 0.3) is 0 Å². The van der Waals surface area contributed by atoms with Gasteiger partial charge in [0.2, 0.25) is 0 Å². The van der Waals surface area contributed by atoms with Crippen molar-refractivity contribution in [2.24, 2.45) is 0 Å². The van der Waals surface area contributed by atoms with Gasteiger partial charge in [-0.05, 0) is 29.6 Å². The van der Waals surface area contributed by atoms with Crippen molar-refractivity contribution in [1.29, 1.82) is 0 Å². The Morgan fingerprint density at radius 3 is 2.67 bits per heavy atom. The quantitative estimate of drug-likeness (QED) is 0.831. The van der Waals surface area contributed by atoms with Crippen LogP contribution in [0.4, 0.5) is 5.69 Å². The van der Waals surface area contributed by atoms with Gasteiger partial charge in [-0.25, -0.2) is 0 Å². The SMILES string of the molecule is COc1cccc(Sc2sccc2N(C)C)c1.Cl. The number of methoxy groups -OCH3 is 1. The summed E-state index contributed by atoms with van der Waals surface area (Å²) < 4.78 is 6.54. The predicted molar refractivity (Wildman–Crippen MR) is 83.0 cm³/mol. The largest absolute Gasteiger partial charge is 0.497 e. The van der Waals surface area contributed by atoms with Gasteiger partial charge in [-0.2, -0.15) is 0 Å². The fourth-order valence-electron chi connectivity index (χ4n) is 1.47. The highest BCUT2D eigenvalue weighted by atomic mass is 35.5. The van der Waals surface area contributed by atoms with Gasteiger partial charge in [-0.1, -0.05) is 17.8 Å². The first-order valence-corrected chi connectivity index (χ1v) is 6.97. The average molecular weight is 302 g/mol. The Kier molecular flexibility index (Phi) is 5.85. The average Bonchev–Trinajstić information content (AvgIpc) is 2.77. The van der Waals surface area contributed by atoms with Gasteiger partial charge in [-0.15, -0.1) is 23.7 Å². The lowest BCUT2D eigenvalue weighted by atomic mass is 10.3. The summed E-state index contributed by atoms with van der Waals surface area (Å²) in [6, 6.07) is 10.3. The van der Waals surface area contributed by atoms with E-state index >= 15 is 0 Å². The van der Waals surface area contributed by atoms with Crippen LogP contribution in [0.1, 0.15) is 0 Å². The van der Waals surface area contributed by atoms with Gasteiger partial charge >= 0.3 is 0 Å². The molecular formula is C13H16ClNOS2. The second-order valence-corrected chi connectivity index (χ2v) is 6.03. The smallest absolute Gasteiger partial charge is 0.119 e. The van der Waals surface area contributed by atoms with Crippen molar-refractivity contribution in [3.63, 3.8) is 0 Å². The van der Waals surface area contributed by atoms with Crippen molar-refractivity contribution in [2.75, 3.05) is 26.1 Å². The first-order valence-electron chi connectivity index (χ1n) is 5.27. The number of thiophene rings is 1. The second kappa shape index (κ2) is 6.92. The fourth-order valence-corrected chi connectivity index (χ4v) is 3.70. The number of anilines is 1. The molecule has 0 radical (unpaired) electrons. The Labute approximate surface area is 122 Å². The van der Waals surface area contributed by atoms with E-state index in [9.17, 15) is 0 Å². The first kappa shape index (κ1) is 15.2. The molecule has 0 saturated carbocycles.